The molecule has 0 aliphatic heterocycles. The summed E-state index contributed by atoms with van der Waals surface area (Å²) < 4.78 is 6.53. The Morgan fingerprint density at radius 3 is 2.58 bits per heavy atom. The molecule has 0 unspecified atom stereocenters. The molecule has 0 atom stereocenters. The van der Waals surface area contributed by atoms with E-state index in [0.29, 0.717) is 22.9 Å². The van der Waals surface area contributed by atoms with Crippen LogP contribution in [0.4, 0.5) is 5.69 Å². The average molecular weight is 487 g/mol. The summed E-state index contributed by atoms with van der Waals surface area (Å²) in [4.78, 5) is 14.6. The van der Waals surface area contributed by atoms with Crippen LogP contribution in [0.3, 0.4) is 0 Å². The van der Waals surface area contributed by atoms with Crippen LogP contribution in [0, 0.1) is 3.57 Å². The second-order valence-electron chi connectivity index (χ2n) is 5.90. The Morgan fingerprint density at radius 1 is 1.27 bits per heavy atom. The second-order valence-corrected chi connectivity index (χ2v) is 7.56. The molecule has 2 rings (SSSR count). The lowest BCUT2D eigenvalue weighted by Gasteiger charge is -2.18. The second kappa shape index (κ2) is 9.99. The van der Waals surface area contributed by atoms with Crippen LogP contribution in [-0.4, -0.2) is 45.1 Å². The smallest absolute Gasteiger partial charge is 0.255 e. The number of methoxy groups -OCH3 is 1. The molecule has 0 saturated carbocycles. The Bertz CT molecular complexity index is 753. The molecule has 5 nitrogen and oxygen atoms in total. The van der Waals surface area contributed by atoms with Gasteiger partial charge in [0.15, 0.2) is 0 Å². The zero-order valence-electron chi connectivity index (χ0n) is 15.1. The fourth-order valence-electron chi connectivity index (χ4n) is 2.53. The van der Waals surface area contributed by atoms with Crippen LogP contribution in [0.2, 0.25) is 5.02 Å². The first-order valence-electron chi connectivity index (χ1n) is 8.21. The normalized spacial score (nSPS) is 10.7. The maximum Gasteiger partial charge on any atom is 0.255 e. The summed E-state index contributed by atoms with van der Waals surface area (Å²) in [5, 5.41) is 6.37. The predicted octanol–water partition coefficient (Wildman–Crippen LogP) is 3.86. The summed E-state index contributed by atoms with van der Waals surface area (Å²) in [7, 11) is 5.33. The van der Waals surface area contributed by atoms with Gasteiger partial charge in [0.25, 0.3) is 5.91 Å². The van der Waals surface area contributed by atoms with E-state index in [2.05, 4.69) is 62.4 Å². The lowest BCUT2D eigenvalue weighted by Crippen LogP contribution is -2.33. The SMILES string of the molecule is CNc1cc(OC)c(C(=O)NCCN([11CH3])Cc2ccc(I)cc2)cc1Cl. The van der Waals surface area contributed by atoms with Gasteiger partial charge in [-0.3, -0.25) is 4.79 Å². The van der Waals surface area contributed by atoms with Crippen LogP contribution in [0.1, 0.15) is 15.9 Å². The molecule has 0 bridgehead atoms. The molecule has 1 amide bonds. The third-order valence-corrected chi connectivity index (χ3v) is 4.98. The number of carbonyl (C=O) groups excluding carboxylic acids is 1. The maximum atomic E-state index is 12.5. The monoisotopic (exact) mass is 486 g/mol. The zero-order chi connectivity index (χ0) is 19.1. The number of anilines is 1. The molecule has 140 valence electrons. The van der Waals surface area contributed by atoms with Crippen molar-refractivity contribution in [1.29, 1.82) is 0 Å². The van der Waals surface area contributed by atoms with Crippen molar-refractivity contribution in [3.8, 4) is 5.75 Å². The molecule has 0 heterocycles. The minimum absolute atomic E-state index is 0.200. The van der Waals surface area contributed by atoms with Crippen molar-refractivity contribution in [2.75, 3.05) is 39.6 Å². The van der Waals surface area contributed by atoms with Gasteiger partial charge in [0.1, 0.15) is 5.75 Å². The molecule has 2 aromatic rings. The Hall–Kier alpha value is -1.51. The summed E-state index contributed by atoms with van der Waals surface area (Å²) in [5.41, 5.74) is 2.39. The fraction of sp³-hybridized carbons (Fsp3) is 0.316. The lowest BCUT2D eigenvalue weighted by atomic mass is 10.1. The molecule has 7 heteroatoms. The molecule has 0 saturated heterocycles. The van der Waals surface area contributed by atoms with Crippen molar-refractivity contribution in [2.24, 2.45) is 0 Å². The number of ether oxygens (including phenoxy) is 1. The van der Waals surface area contributed by atoms with Crippen LogP contribution in [0.15, 0.2) is 36.4 Å². The number of hydrogen-bond acceptors (Lipinski definition) is 4. The number of nitrogens with zero attached hydrogens (tertiary/aromatic N) is 1. The number of benzene rings is 2. The van der Waals surface area contributed by atoms with Crippen LogP contribution in [0.25, 0.3) is 0 Å². The zero-order valence-corrected chi connectivity index (χ0v) is 18.0. The maximum absolute atomic E-state index is 12.5. The molecule has 0 aliphatic rings. The van der Waals surface area contributed by atoms with Gasteiger partial charge >= 0.3 is 0 Å². The van der Waals surface area contributed by atoms with Gasteiger partial charge in [-0.15, -0.1) is 0 Å². The van der Waals surface area contributed by atoms with Gasteiger partial charge in [-0.05, 0) is 53.4 Å². The van der Waals surface area contributed by atoms with Gasteiger partial charge < -0.3 is 20.3 Å². The highest BCUT2D eigenvalue weighted by molar-refractivity contribution is 14.1. The topological polar surface area (TPSA) is 53.6 Å². The number of likely N-dealkylation sites (N-methyl/N-ethyl adjacent to an activating group) is 1. The van der Waals surface area contributed by atoms with Gasteiger partial charge in [0.2, 0.25) is 0 Å². The molecular weight excluding hydrogens is 464 g/mol. The van der Waals surface area contributed by atoms with E-state index < -0.39 is 0 Å². The van der Waals surface area contributed by atoms with E-state index in [9.17, 15) is 4.79 Å². The van der Waals surface area contributed by atoms with Gasteiger partial charge in [0.05, 0.1) is 23.4 Å². The quantitative estimate of drug-likeness (QED) is 0.557. The van der Waals surface area contributed by atoms with E-state index in [1.165, 1.54) is 16.2 Å². The highest BCUT2D eigenvalue weighted by atomic mass is 127. The molecule has 0 spiro atoms. The van der Waals surface area contributed by atoms with E-state index in [1.54, 1.807) is 19.2 Å². The van der Waals surface area contributed by atoms with Crippen LogP contribution in [-0.2, 0) is 6.54 Å². The van der Waals surface area contributed by atoms with Gasteiger partial charge in [-0.2, -0.15) is 0 Å². The molecule has 0 aliphatic carbocycles. The molecule has 0 aromatic heterocycles. The third-order valence-electron chi connectivity index (χ3n) is 3.95. The van der Waals surface area contributed by atoms with Crippen molar-refractivity contribution < 1.29 is 9.53 Å². The van der Waals surface area contributed by atoms with E-state index in [4.69, 9.17) is 16.3 Å². The summed E-state index contributed by atoms with van der Waals surface area (Å²) in [6, 6.07) is 11.8. The highest BCUT2D eigenvalue weighted by Gasteiger charge is 2.15. The molecule has 0 radical (unpaired) electrons. The molecule has 0 fully saturated rings. The number of nitrogens with one attached hydrogen (secondary N) is 2. The van der Waals surface area contributed by atoms with Crippen molar-refractivity contribution in [1.82, 2.24) is 10.2 Å². The minimum atomic E-state index is -0.200. The van der Waals surface area contributed by atoms with Crippen molar-refractivity contribution in [3.05, 3.63) is 56.1 Å². The van der Waals surface area contributed by atoms with Gasteiger partial charge in [-0.25, -0.2) is 0 Å². The Morgan fingerprint density at radius 2 is 1.96 bits per heavy atom. The minimum Gasteiger partial charge on any atom is -0.496 e. The van der Waals surface area contributed by atoms with Crippen molar-refractivity contribution in [3.63, 3.8) is 0 Å². The van der Waals surface area contributed by atoms with Crippen LogP contribution < -0.4 is 15.4 Å². The van der Waals surface area contributed by atoms with E-state index in [-0.39, 0.29) is 5.91 Å². The largest absolute Gasteiger partial charge is 0.496 e. The fourth-order valence-corrected chi connectivity index (χ4v) is 3.15. The summed E-state index contributed by atoms with van der Waals surface area (Å²) in [6.45, 7) is 2.11. The molecule has 2 aromatic carbocycles. The first-order chi connectivity index (χ1) is 12.4. The number of hydrogen-bond donors (Lipinski definition) is 2. The standard InChI is InChI=1S/C19H23ClIN3O2/c1-22-17-11-18(26-3)15(10-16(17)20)19(25)23-8-9-24(2)12-13-4-6-14(21)7-5-13/h4-7,10-11,22H,8-9,12H2,1-3H3,(H,23,25)/i2-1. The van der Waals surface area contributed by atoms with Crippen LogP contribution >= 0.6 is 34.2 Å². The number of amides is 1. The Labute approximate surface area is 173 Å². The third kappa shape index (κ3) is 5.75. The van der Waals surface area contributed by atoms with Gasteiger partial charge in [0, 0.05) is 36.3 Å². The summed E-state index contributed by atoms with van der Waals surface area (Å²) >= 11 is 8.47. The molecular formula is C19H23ClIN3O2. The Kier molecular flexibility index (Phi) is 7.99. The van der Waals surface area contributed by atoms with E-state index in [1.807, 2.05) is 7.05 Å². The van der Waals surface area contributed by atoms with Crippen molar-refractivity contribution in [2.45, 2.75) is 6.54 Å². The summed E-state index contributed by atoms with van der Waals surface area (Å²) in [5.74, 6) is 0.289. The first kappa shape index (κ1) is 20.8. The predicted molar refractivity (Wildman–Crippen MR) is 115 cm³/mol. The number of halogens is 2. The van der Waals surface area contributed by atoms with E-state index in [0.717, 1.165) is 18.8 Å². The lowest BCUT2D eigenvalue weighted by molar-refractivity contribution is 0.0946. The Balaban J connectivity index is 1.90. The molecule has 26 heavy (non-hydrogen) atoms. The number of rotatable bonds is 8. The summed E-state index contributed by atoms with van der Waals surface area (Å²) in [6.07, 6.45) is 0. The number of carbonyl (C=O) groups is 1. The average Bonchev–Trinajstić information content (AvgIpc) is 2.63. The van der Waals surface area contributed by atoms with E-state index >= 15 is 0 Å². The first-order valence-corrected chi connectivity index (χ1v) is 9.66. The van der Waals surface area contributed by atoms with Crippen molar-refractivity contribution >= 4 is 45.8 Å². The molecule has 2 N–H and O–H groups in total. The van der Waals surface area contributed by atoms with Gasteiger partial charge in [-0.1, -0.05) is 23.7 Å². The van der Waals surface area contributed by atoms with Crippen LogP contribution in [0.5, 0.6) is 5.75 Å². The highest BCUT2D eigenvalue weighted by Crippen LogP contribution is 2.30.